The van der Waals surface area contributed by atoms with Crippen LogP contribution in [0.3, 0.4) is 0 Å². The highest BCUT2D eigenvalue weighted by Crippen LogP contribution is 2.22. The molecule has 5 nitrogen and oxygen atoms in total. The number of rotatable bonds is 7. The van der Waals surface area contributed by atoms with Gasteiger partial charge in [-0.2, -0.15) is 0 Å². The Morgan fingerprint density at radius 2 is 1.72 bits per heavy atom. The molecule has 2 N–H and O–H groups in total. The second-order valence-corrected chi connectivity index (χ2v) is 6.10. The fraction of sp³-hybridized carbons (Fsp3) is 0.222. The van der Waals surface area contributed by atoms with Crippen LogP contribution in [-0.2, 0) is 4.79 Å². The van der Waals surface area contributed by atoms with Gasteiger partial charge in [0.2, 0.25) is 0 Å². The maximum atomic E-state index is 12.0. The Balaban J connectivity index is 1.68. The second kappa shape index (κ2) is 9.30. The van der Waals surface area contributed by atoms with Gasteiger partial charge in [-0.25, -0.2) is 0 Å². The first-order valence-corrected chi connectivity index (χ1v) is 8.41. The normalized spacial score (nSPS) is 10.2. The van der Waals surface area contributed by atoms with Gasteiger partial charge in [-0.05, 0) is 36.8 Å². The molecule has 0 bridgehead atoms. The smallest absolute Gasteiger partial charge is 0.258 e. The molecule has 2 amide bonds. The molecule has 0 fully saturated rings. The molecule has 132 valence electrons. The van der Waals surface area contributed by atoms with Gasteiger partial charge in [0.25, 0.3) is 11.8 Å². The summed E-state index contributed by atoms with van der Waals surface area (Å²) < 4.78 is 5.44. The minimum atomic E-state index is -0.288. The molecule has 25 heavy (non-hydrogen) atoms. The molecule has 0 aliphatic carbocycles. The van der Waals surface area contributed by atoms with Gasteiger partial charge < -0.3 is 15.4 Å². The summed E-state index contributed by atoms with van der Waals surface area (Å²) in [5.41, 5.74) is 1.37. The van der Waals surface area contributed by atoms with Crippen LogP contribution in [0.1, 0.15) is 15.9 Å². The Kier molecular flexibility index (Phi) is 7.10. The molecule has 0 aliphatic heterocycles. The molecule has 2 aromatic rings. The van der Waals surface area contributed by atoms with Crippen LogP contribution >= 0.6 is 23.2 Å². The number of para-hydroxylation sites is 1. The van der Waals surface area contributed by atoms with Gasteiger partial charge in [-0.1, -0.05) is 41.4 Å². The summed E-state index contributed by atoms with van der Waals surface area (Å²) in [5, 5.41) is 6.07. The fourth-order valence-corrected chi connectivity index (χ4v) is 2.33. The van der Waals surface area contributed by atoms with E-state index >= 15 is 0 Å². The van der Waals surface area contributed by atoms with Gasteiger partial charge in [0.05, 0.1) is 10.0 Å². The first-order valence-electron chi connectivity index (χ1n) is 7.66. The van der Waals surface area contributed by atoms with Gasteiger partial charge >= 0.3 is 0 Å². The van der Waals surface area contributed by atoms with Crippen molar-refractivity contribution >= 4 is 35.0 Å². The highest BCUT2D eigenvalue weighted by atomic mass is 35.5. The van der Waals surface area contributed by atoms with E-state index in [2.05, 4.69) is 10.6 Å². The van der Waals surface area contributed by atoms with Gasteiger partial charge in [-0.3, -0.25) is 9.59 Å². The molecular weight excluding hydrogens is 363 g/mol. The predicted octanol–water partition coefficient (Wildman–Crippen LogP) is 3.23. The molecular formula is C18H18Cl2N2O3. The third kappa shape index (κ3) is 5.96. The average molecular weight is 381 g/mol. The first-order chi connectivity index (χ1) is 12.0. The summed E-state index contributed by atoms with van der Waals surface area (Å²) in [6.45, 7) is 2.41. The topological polar surface area (TPSA) is 67.4 Å². The number of hydrogen-bond donors (Lipinski definition) is 2. The predicted molar refractivity (Wildman–Crippen MR) is 98.5 cm³/mol. The Morgan fingerprint density at radius 1 is 1.00 bits per heavy atom. The monoisotopic (exact) mass is 380 g/mol. The van der Waals surface area contributed by atoms with Crippen LogP contribution in [0, 0.1) is 6.92 Å². The number of benzene rings is 2. The van der Waals surface area contributed by atoms with E-state index in [-0.39, 0.29) is 25.0 Å². The first kappa shape index (κ1) is 19.1. The molecule has 0 radical (unpaired) electrons. The number of ether oxygens (including phenoxy) is 1. The number of carbonyl (C=O) groups excluding carboxylic acids is 2. The summed E-state index contributed by atoms with van der Waals surface area (Å²) in [7, 11) is 0. The third-order valence-electron chi connectivity index (χ3n) is 3.37. The number of halogens is 2. The van der Waals surface area contributed by atoms with Crippen molar-refractivity contribution in [2.45, 2.75) is 6.92 Å². The number of nitrogens with one attached hydrogen (secondary N) is 2. The molecule has 0 saturated carbocycles. The molecule has 0 aliphatic rings. The van der Waals surface area contributed by atoms with E-state index in [9.17, 15) is 9.59 Å². The molecule has 2 aromatic carbocycles. The lowest BCUT2D eigenvalue weighted by Crippen LogP contribution is -2.36. The lowest BCUT2D eigenvalue weighted by atomic mass is 10.2. The molecule has 0 atom stereocenters. The minimum Gasteiger partial charge on any atom is -0.484 e. The summed E-state index contributed by atoms with van der Waals surface area (Å²) in [4.78, 5) is 23.7. The second-order valence-electron chi connectivity index (χ2n) is 5.29. The Hall–Kier alpha value is -2.24. The van der Waals surface area contributed by atoms with Gasteiger partial charge in [0, 0.05) is 18.7 Å². The summed E-state index contributed by atoms with van der Waals surface area (Å²) in [6, 6.07) is 12.1. The van der Waals surface area contributed by atoms with E-state index in [0.717, 1.165) is 5.56 Å². The van der Waals surface area contributed by atoms with Crippen LogP contribution < -0.4 is 15.4 Å². The SMILES string of the molecule is Cc1ccccc1OCC(=O)NCCNC(=O)c1ccc(Cl)c(Cl)c1. The highest BCUT2D eigenvalue weighted by Gasteiger charge is 2.08. The largest absolute Gasteiger partial charge is 0.484 e. The van der Waals surface area contributed by atoms with Crippen molar-refractivity contribution < 1.29 is 14.3 Å². The van der Waals surface area contributed by atoms with E-state index in [1.54, 1.807) is 18.2 Å². The Labute approximate surface area is 156 Å². The number of aryl methyl sites for hydroxylation is 1. The lowest BCUT2D eigenvalue weighted by molar-refractivity contribution is -0.123. The molecule has 0 unspecified atom stereocenters. The number of carbonyl (C=O) groups is 2. The van der Waals surface area contributed by atoms with Crippen molar-refractivity contribution in [2.75, 3.05) is 19.7 Å². The van der Waals surface area contributed by atoms with Crippen LogP contribution in [-0.4, -0.2) is 31.5 Å². The van der Waals surface area contributed by atoms with Gasteiger partial charge in [-0.15, -0.1) is 0 Å². The lowest BCUT2D eigenvalue weighted by Gasteiger charge is -2.10. The summed E-state index contributed by atoms with van der Waals surface area (Å²) in [6.07, 6.45) is 0. The van der Waals surface area contributed by atoms with Crippen molar-refractivity contribution in [2.24, 2.45) is 0 Å². The zero-order chi connectivity index (χ0) is 18.2. The standard InChI is InChI=1S/C18H18Cl2N2O3/c1-12-4-2-3-5-16(12)25-11-17(23)21-8-9-22-18(24)13-6-7-14(19)15(20)10-13/h2-7,10H,8-9,11H2,1H3,(H,21,23)(H,22,24). The van der Waals surface area contributed by atoms with Crippen LogP contribution in [0.4, 0.5) is 0 Å². The third-order valence-corrected chi connectivity index (χ3v) is 4.11. The minimum absolute atomic E-state index is 0.0778. The fourth-order valence-electron chi connectivity index (χ4n) is 2.03. The summed E-state index contributed by atoms with van der Waals surface area (Å²) in [5.74, 6) is 0.126. The van der Waals surface area contributed by atoms with Crippen LogP contribution in [0.5, 0.6) is 5.75 Å². The van der Waals surface area contributed by atoms with Crippen LogP contribution in [0.25, 0.3) is 0 Å². The molecule has 0 spiro atoms. The Morgan fingerprint density at radius 3 is 2.44 bits per heavy atom. The number of hydrogen-bond acceptors (Lipinski definition) is 3. The summed E-state index contributed by atoms with van der Waals surface area (Å²) >= 11 is 11.7. The van der Waals surface area contributed by atoms with Crippen molar-refractivity contribution in [1.29, 1.82) is 0 Å². The Bertz CT molecular complexity index is 766. The maximum absolute atomic E-state index is 12.0. The van der Waals surface area contributed by atoms with Gasteiger partial charge in [0.1, 0.15) is 5.75 Å². The number of amides is 2. The van der Waals surface area contributed by atoms with E-state index < -0.39 is 0 Å². The zero-order valence-electron chi connectivity index (χ0n) is 13.6. The van der Waals surface area contributed by atoms with E-state index in [1.165, 1.54) is 6.07 Å². The highest BCUT2D eigenvalue weighted by molar-refractivity contribution is 6.42. The molecule has 0 aromatic heterocycles. The van der Waals surface area contributed by atoms with Crippen molar-refractivity contribution in [3.63, 3.8) is 0 Å². The maximum Gasteiger partial charge on any atom is 0.258 e. The molecule has 0 saturated heterocycles. The van der Waals surface area contributed by atoms with Crippen LogP contribution in [0.2, 0.25) is 10.0 Å². The quantitative estimate of drug-likeness (QED) is 0.724. The van der Waals surface area contributed by atoms with E-state index in [4.69, 9.17) is 27.9 Å². The van der Waals surface area contributed by atoms with Crippen molar-refractivity contribution in [3.05, 3.63) is 63.6 Å². The molecule has 2 rings (SSSR count). The average Bonchev–Trinajstić information content (AvgIpc) is 2.60. The zero-order valence-corrected chi connectivity index (χ0v) is 15.2. The van der Waals surface area contributed by atoms with Gasteiger partial charge in [0.15, 0.2) is 6.61 Å². The van der Waals surface area contributed by atoms with Crippen molar-refractivity contribution in [3.8, 4) is 5.75 Å². The molecule has 7 heteroatoms. The van der Waals surface area contributed by atoms with Crippen LogP contribution in [0.15, 0.2) is 42.5 Å². The van der Waals surface area contributed by atoms with E-state index in [1.807, 2.05) is 25.1 Å². The molecule has 0 heterocycles. The van der Waals surface area contributed by atoms with E-state index in [0.29, 0.717) is 27.9 Å². The van der Waals surface area contributed by atoms with Crippen molar-refractivity contribution in [1.82, 2.24) is 10.6 Å².